The van der Waals surface area contributed by atoms with Crippen molar-refractivity contribution in [3.63, 3.8) is 0 Å². The number of esters is 1. The molecule has 0 spiro atoms. The van der Waals surface area contributed by atoms with Crippen molar-refractivity contribution in [2.75, 3.05) is 6.61 Å². The van der Waals surface area contributed by atoms with Gasteiger partial charge in [-0.2, -0.15) is 0 Å². The molecular formula is C21H28O3. The smallest absolute Gasteiger partial charge is 0.312 e. The van der Waals surface area contributed by atoms with Crippen molar-refractivity contribution in [1.29, 1.82) is 0 Å². The molecule has 1 unspecified atom stereocenters. The summed E-state index contributed by atoms with van der Waals surface area (Å²) in [5, 5.41) is 0. The number of hydrogen-bond donors (Lipinski definition) is 0. The van der Waals surface area contributed by atoms with E-state index in [0.29, 0.717) is 13.2 Å². The third kappa shape index (κ3) is 3.23. The highest BCUT2D eigenvalue weighted by Crippen LogP contribution is 2.60. The average Bonchev–Trinajstić information content (AvgIpc) is 2.57. The molecular weight excluding hydrogens is 300 g/mol. The SMILES string of the molecule is CC(COC(=O)C12CC3CC(CC(C3)C1)C2)OCc1ccccc1. The van der Waals surface area contributed by atoms with E-state index in [1.54, 1.807) is 0 Å². The Balaban J connectivity index is 1.27. The van der Waals surface area contributed by atoms with Crippen LogP contribution in [0.15, 0.2) is 30.3 Å². The fraction of sp³-hybridized carbons (Fsp3) is 0.667. The minimum Gasteiger partial charge on any atom is -0.463 e. The second-order valence-corrected chi connectivity index (χ2v) is 8.40. The van der Waals surface area contributed by atoms with Gasteiger partial charge < -0.3 is 9.47 Å². The molecule has 0 heterocycles. The van der Waals surface area contributed by atoms with Gasteiger partial charge in [0.1, 0.15) is 6.61 Å². The molecule has 0 aromatic heterocycles. The first kappa shape index (κ1) is 16.1. The second kappa shape index (κ2) is 6.51. The Morgan fingerprint density at radius 2 is 1.67 bits per heavy atom. The van der Waals surface area contributed by atoms with Gasteiger partial charge in [0.25, 0.3) is 0 Å². The lowest BCUT2D eigenvalue weighted by Gasteiger charge is -2.55. The zero-order chi connectivity index (χ0) is 16.6. The van der Waals surface area contributed by atoms with Gasteiger partial charge in [0, 0.05) is 0 Å². The fourth-order valence-corrected chi connectivity index (χ4v) is 5.57. The van der Waals surface area contributed by atoms with E-state index in [0.717, 1.165) is 42.6 Å². The van der Waals surface area contributed by atoms with Crippen molar-refractivity contribution in [1.82, 2.24) is 0 Å². The maximum atomic E-state index is 12.8. The Kier molecular flexibility index (Phi) is 4.38. The molecule has 4 aliphatic carbocycles. The topological polar surface area (TPSA) is 35.5 Å². The summed E-state index contributed by atoms with van der Waals surface area (Å²) < 4.78 is 11.5. The monoisotopic (exact) mass is 328 g/mol. The molecule has 3 heteroatoms. The number of carbonyl (C=O) groups is 1. The zero-order valence-corrected chi connectivity index (χ0v) is 14.6. The normalized spacial score (nSPS) is 35.0. The Morgan fingerprint density at radius 3 is 2.25 bits per heavy atom. The van der Waals surface area contributed by atoms with Crippen LogP contribution in [0.5, 0.6) is 0 Å². The number of carbonyl (C=O) groups excluding carboxylic acids is 1. The summed E-state index contributed by atoms with van der Waals surface area (Å²) in [6.07, 6.45) is 7.18. The highest BCUT2D eigenvalue weighted by Gasteiger charge is 2.55. The van der Waals surface area contributed by atoms with Crippen molar-refractivity contribution in [3.05, 3.63) is 35.9 Å². The van der Waals surface area contributed by atoms with Gasteiger partial charge in [0.05, 0.1) is 18.1 Å². The Hall–Kier alpha value is -1.35. The Labute approximate surface area is 144 Å². The van der Waals surface area contributed by atoms with Crippen LogP contribution in [0.3, 0.4) is 0 Å². The lowest BCUT2D eigenvalue weighted by molar-refractivity contribution is -0.175. The van der Waals surface area contributed by atoms with Crippen LogP contribution in [-0.2, 0) is 20.9 Å². The van der Waals surface area contributed by atoms with Crippen molar-refractivity contribution in [3.8, 4) is 0 Å². The van der Waals surface area contributed by atoms with Gasteiger partial charge in [-0.1, -0.05) is 30.3 Å². The lowest BCUT2D eigenvalue weighted by Crippen LogP contribution is -2.50. The van der Waals surface area contributed by atoms with Crippen molar-refractivity contribution >= 4 is 5.97 Å². The van der Waals surface area contributed by atoms with E-state index in [-0.39, 0.29) is 17.5 Å². The van der Waals surface area contributed by atoms with E-state index in [2.05, 4.69) is 0 Å². The average molecular weight is 328 g/mol. The predicted octanol–water partition coefficient (Wildman–Crippen LogP) is 4.35. The van der Waals surface area contributed by atoms with E-state index >= 15 is 0 Å². The molecule has 1 aromatic carbocycles. The van der Waals surface area contributed by atoms with Crippen LogP contribution >= 0.6 is 0 Å². The fourth-order valence-electron chi connectivity index (χ4n) is 5.57. The van der Waals surface area contributed by atoms with Gasteiger partial charge in [-0.25, -0.2) is 0 Å². The maximum absolute atomic E-state index is 12.8. The zero-order valence-electron chi connectivity index (χ0n) is 14.6. The number of ether oxygens (including phenoxy) is 2. The summed E-state index contributed by atoms with van der Waals surface area (Å²) >= 11 is 0. The molecule has 0 N–H and O–H groups in total. The summed E-state index contributed by atoms with van der Waals surface area (Å²) in [4.78, 5) is 12.8. The van der Waals surface area contributed by atoms with Crippen LogP contribution in [0, 0.1) is 23.2 Å². The highest BCUT2D eigenvalue weighted by atomic mass is 16.6. The van der Waals surface area contributed by atoms with E-state index < -0.39 is 0 Å². The molecule has 1 aromatic rings. The molecule has 3 nitrogen and oxygen atoms in total. The third-order valence-electron chi connectivity index (χ3n) is 6.30. The molecule has 4 fully saturated rings. The largest absolute Gasteiger partial charge is 0.463 e. The molecule has 1 atom stereocenters. The molecule has 130 valence electrons. The van der Waals surface area contributed by atoms with Crippen LogP contribution in [0.1, 0.15) is 51.0 Å². The molecule has 4 bridgehead atoms. The summed E-state index contributed by atoms with van der Waals surface area (Å²) in [6.45, 7) is 2.92. The Morgan fingerprint density at radius 1 is 1.08 bits per heavy atom. The van der Waals surface area contributed by atoms with Crippen molar-refractivity contribution in [2.24, 2.45) is 23.2 Å². The van der Waals surface area contributed by atoms with Crippen LogP contribution in [0.25, 0.3) is 0 Å². The molecule has 5 rings (SSSR count). The summed E-state index contributed by atoms with van der Waals surface area (Å²) in [5.74, 6) is 2.37. The first-order valence-corrected chi connectivity index (χ1v) is 9.46. The standard InChI is InChI=1S/C21H28O3/c1-15(23-14-16-5-3-2-4-6-16)13-24-20(22)21-10-17-7-18(11-21)9-19(8-17)12-21/h2-6,15,17-19H,7-14H2,1H3. The number of benzene rings is 1. The quantitative estimate of drug-likeness (QED) is 0.728. The second-order valence-electron chi connectivity index (χ2n) is 8.40. The highest BCUT2D eigenvalue weighted by molar-refractivity contribution is 5.77. The van der Waals surface area contributed by atoms with E-state index in [1.165, 1.54) is 19.3 Å². The van der Waals surface area contributed by atoms with Crippen LogP contribution in [0.2, 0.25) is 0 Å². The first-order chi connectivity index (χ1) is 11.6. The molecule has 0 amide bonds. The van der Waals surface area contributed by atoms with Crippen molar-refractivity contribution < 1.29 is 14.3 Å². The number of hydrogen-bond acceptors (Lipinski definition) is 3. The molecule has 4 saturated carbocycles. The van der Waals surface area contributed by atoms with Crippen LogP contribution in [0.4, 0.5) is 0 Å². The Bertz CT molecular complexity index is 545. The van der Waals surface area contributed by atoms with Gasteiger partial charge in [-0.05, 0) is 68.8 Å². The van der Waals surface area contributed by atoms with Gasteiger partial charge in [0.15, 0.2) is 0 Å². The summed E-state index contributed by atoms with van der Waals surface area (Å²) in [5.41, 5.74) is 0.991. The molecule has 0 aliphatic heterocycles. The summed E-state index contributed by atoms with van der Waals surface area (Å²) in [6, 6.07) is 10.1. The predicted molar refractivity (Wildman–Crippen MR) is 92.3 cm³/mol. The first-order valence-electron chi connectivity index (χ1n) is 9.46. The minimum absolute atomic E-state index is 0.0526. The lowest BCUT2D eigenvalue weighted by atomic mass is 9.49. The van der Waals surface area contributed by atoms with Gasteiger partial charge >= 0.3 is 5.97 Å². The van der Waals surface area contributed by atoms with Gasteiger partial charge in [0.2, 0.25) is 0 Å². The summed E-state index contributed by atoms with van der Waals surface area (Å²) in [7, 11) is 0. The van der Waals surface area contributed by atoms with E-state index in [9.17, 15) is 4.79 Å². The minimum atomic E-state index is -0.159. The molecule has 0 radical (unpaired) electrons. The maximum Gasteiger partial charge on any atom is 0.312 e. The van der Waals surface area contributed by atoms with Crippen LogP contribution in [-0.4, -0.2) is 18.7 Å². The van der Waals surface area contributed by atoms with Crippen LogP contribution < -0.4 is 0 Å². The van der Waals surface area contributed by atoms with E-state index in [4.69, 9.17) is 9.47 Å². The van der Waals surface area contributed by atoms with Gasteiger partial charge in [-0.15, -0.1) is 0 Å². The van der Waals surface area contributed by atoms with Gasteiger partial charge in [-0.3, -0.25) is 4.79 Å². The third-order valence-corrected chi connectivity index (χ3v) is 6.30. The molecule has 4 aliphatic rings. The molecule has 0 saturated heterocycles. The van der Waals surface area contributed by atoms with Crippen molar-refractivity contribution in [2.45, 2.75) is 58.2 Å². The molecule has 24 heavy (non-hydrogen) atoms. The van der Waals surface area contributed by atoms with E-state index in [1.807, 2.05) is 37.3 Å². The number of rotatable bonds is 6.